The third-order valence-corrected chi connectivity index (χ3v) is 3.89. The van der Waals surface area contributed by atoms with Crippen LogP contribution in [0.15, 0.2) is 29.2 Å². The summed E-state index contributed by atoms with van der Waals surface area (Å²) in [6.45, 7) is 2.06. The summed E-state index contributed by atoms with van der Waals surface area (Å²) in [4.78, 5) is 0.254. The lowest BCUT2D eigenvalue weighted by atomic mass is 10.1. The molecule has 1 N–H and O–H groups in total. The monoisotopic (exact) mass is 275 g/mol. The minimum Gasteiger partial charge on any atom is -0.381 e. The summed E-state index contributed by atoms with van der Waals surface area (Å²) in [5.74, 6) is 0.624. The molecule has 1 nitrogen and oxygen atoms in total. The molecule has 1 aliphatic carbocycles. The summed E-state index contributed by atoms with van der Waals surface area (Å²) >= 11 is -0.0505. The average molecular weight is 275 g/mol. The second-order valence-electron chi connectivity index (χ2n) is 4.54. The summed E-state index contributed by atoms with van der Waals surface area (Å²) in [6, 6.07) is 6.93. The number of benzene rings is 1. The molecule has 0 heterocycles. The van der Waals surface area contributed by atoms with Crippen LogP contribution in [0.25, 0.3) is 0 Å². The molecule has 0 radical (unpaired) electrons. The van der Waals surface area contributed by atoms with Gasteiger partial charge in [-0.1, -0.05) is 19.1 Å². The van der Waals surface area contributed by atoms with E-state index in [4.69, 9.17) is 0 Å². The first-order valence-corrected chi connectivity index (χ1v) is 6.92. The molecule has 0 aliphatic heterocycles. The maximum atomic E-state index is 12.4. The number of anilines is 1. The van der Waals surface area contributed by atoms with E-state index in [9.17, 15) is 13.2 Å². The first kappa shape index (κ1) is 13.6. The van der Waals surface area contributed by atoms with Crippen molar-refractivity contribution in [2.45, 2.75) is 42.6 Å². The molecule has 1 aromatic rings. The van der Waals surface area contributed by atoms with Crippen molar-refractivity contribution >= 4 is 17.4 Å². The topological polar surface area (TPSA) is 12.0 Å². The number of hydrogen-bond acceptors (Lipinski definition) is 2. The molecule has 1 atom stereocenters. The van der Waals surface area contributed by atoms with Gasteiger partial charge in [-0.15, -0.1) is 0 Å². The zero-order valence-electron chi connectivity index (χ0n) is 10.1. The van der Waals surface area contributed by atoms with Crippen molar-refractivity contribution in [2.24, 2.45) is 5.92 Å². The van der Waals surface area contributed by atoms with Crippen LogP contribution in [0, 0.1) is 5.92 Å². The predicted molar refractivity (Wildman–Crippen MR) is 68.8 cm³/mol. The van der Waals surface area contributed by atoms with E-state index in [1.54, 1.807) is 18.2 Å². The number of nitrogens with one attached hydrogen (secondary N) is 1. The first-order valence-electron chi connectivity index (χ1n) is 6.11. The highest BCUT2D eigenvalue weighted by Gasteiger charge is 2.32. The van der Waals surface area contributed by atoms with E-state index in [0.717, 1.165) is 6.42 Å². The Bertz CT molecular complexity index is 401. The molecule has 5 heteroatoms. The molecular formula is C13H16F3NS. The van der Waals surface area contributed by atoms with Crippen LogP contribution in [0.4, 0.5) is 18.9 Å². The Balaban J connectivity index is 2.11. The van der Waals surface area contributed by atoms with Gasteiger partial charge in [-0.05, 0) is 49.1 Å². The van der Waals surface area contributed by atoms with Gasteiger partial charge in [-0.25, -0.2) is 0 Å². The Morgan fingerprint density at radius 1 is 1.33 bits per heavy atom. The number of para-hydroxylation sites is 1. The van der Waals surface area contributed by atoms with Gasteiger partial charge in [-0.3, -0.25) is 0 Å². The highest BCUT2D eigenvalue weighted by atomic mass is 32.2. The Kier molecular flexibility index (Phi) is 4.10. The molecule has 1 aliphatic rings. The van der Waals surface area contributed by atoms with Gasteiger partial charge in [-0.2, -0.15) is 13.2 Å². The number of halogens is 3. The molecule has 1 fully saturated rings. The summed E-state index contributed by atoms with van der Waals surface area (Å²) in [7, 11) is 0. The van der Waals surface area contributed by atoms with Gasteiger partial charge < -0.3 is 5.32 Å². The van der Waals surface area contributed by atoms with Gasteiger partial charge in [0, 0.05) is 16.6 Å². The third kappa shape index (κ3) is 3.83. The summed E-state index contributed by atoms with van der Waals surface area (Å²) in [5.41, 5.74) is -3.64. The summed E-state index contributed by atoms with van der Waals surface area (Å²) < 4.78 is 37.3. The second-order valence-corrected chi connectivity index (χ2v) is 5.65. The minimum atomic E-state index is -4.24. The highest BCUT2D eigenvalue weighted by Crippen LogP contribution is 2.42. The highest BCUT2D eigenvalue weighted by molar-refractivity contribution is 8.00. The van der Waals surface area contributed by atoms with E-state index >= 15 is 0 Å². The normalized spacial score (nSPS) is 17.6. The van der Waals surface area contributed by atoms with Gasteiger partial charge in [0.1, 0.15) is 0 Å². The minimum absolute atomic E-state index is 0.0505. The van der Waals surface area contributed by atoms with Crippen LogP contribution in [0.3, 0.4) is 0 Å². The maximum absolute atomic E-state index is 12.4. The number of hydrogen-bond donors (Lipinski definition) is 1. The molecule has 100 valence electrons. The fraction of sp³-hybridized carbons (Fsp3) is 0.538. The zero-order valence-corrected chi connectivity index (χ0v) is 10.9. The average Bonchev–Trinajstić information content (AvgIpc) is 3.10. The summed E-state index contributed by atoms with van der Waals surface area (Å²) in [5, 5.41) is 3.26. The van der Waals surface area contributed by atoms with E-state index in [2.05, 4.69) is 12.2 Å². The second kappa shape index (κ2) is 5.43. The molecule has 0 amide bonds. The van der Waals surface area contributed by atoms with Crippen molar-refractivity contribution < 1.29 is 13.2 Å². The van der Waals surface area contributed by atoms with E-state index in [1.165, 1.54) is 18.9 Å². The lowest BCUT2D eigenvalue weighted by Gasteiger charge is -2.20. The fourth-order valence-electron chi connectivity index (χ4n) is 2.05. The van der Waals surface area contributed by atoms with Gasteiger partial charge in [0.15, 0.2) is 0 Å². The number of rotatable bonds is 5. The van der Waals surface area contributed by atoms with Crippen LogP contribution in [0.1, 0.15) is 26.2 Å². The molecule has 0 spiro atoms. The Hall–Kier alpha value is -0.840. The number of thioether (sulfide) groups is 1. The quantitative estimate of drug-likeness (QED) is 0.767. The van der Waals surface area contributed by atoms with Crippen molar-refractivity contribution in [1.29, 1.82) is 0 Å². The lowest BCUT2D eigenvalue weighted by Crippen LogP contribution is -2.21. The third-order valence-electron chi connectivity index (χ3n) is 3.08. The van der Waals surface area contributed by atoms with Crippen molar-refractivity contribution in [1.82, 2.24) is 0 Å². The van der Waals surface area contributed by atoms with Crippen LogP contribution in [-0.2, 0) is 0 Å². The van der Waals surface area contributed by atoms with Gasteiger partial charge in [0.25, 0.3) is 0 Å². The SMILES string of the molecule is CCC(Nc1ccccc1SC(F)(F)F)C1CC1. The van der Waals surface area contributed by atoms with Crippen LogP contribution < -0.4 is 5.32 Å². The molecule has 1 saturated carbocycles. The van der Waals surface area contributed by atoms with Gasteiger partial charge >= 0.3 is 5.51 Å². The molecule has 2 rings (SSSR count). The van der Waals surface area contributed by atoms with Crippen molar-refractivity contribution in [2.75, 3.05) is 5.32 Å². The molecule has 1 unspecified atom stereocenters. The smallest absolute Gasteiger partial charge is 0.381 e. The molecule has 18 heavy (non-hydrogen) atoms. The molecule has 0 bridgehead atoms. The van der Waals surface area contributed by atoms with Gasteiger partial charge in [0.05, 0.1) is 0 Å². The Morgan fingerprint density at radius 2 is 2.00 bits per heavy atom. The molecule has 1 aromatic carbocycles. The zero-order chi connectivity index (χ0) is 13.2. The largest absolute Gasteiger partial charge is 0.446 e. The van der Waals surface area contributed by atoms with Crippen molar-refractivity contribution in [3.05, 3.63) is 24.3 Å². The van der Waals surface area contributed by atoms with Gasteiger partial charge in [0.2, 0.25) is 0 Å². The number of alkyl halides is 3. The lowest BCUT2D eigenvalue weighted by molar-refractivity contribution is -0.0327. The van der Waals surface area contributed by atoms with Crippen molar-refractivity contribution in [3.63, 3.8) is 0 Å². The first-order chi connectivity index (χ1) is 8.49. The van der Waals surface area contributed by atoms with E-state index < -0.39 is 5.51 Å². The van der Waals surface area contributed by atoms with Crippen LogP contribution >= 0.6 is 11.8 Å². The molecule has 0 aromatic heterocycles. The van der Waals surface area contributed by atoms with Crippen molar-refractivity contribution in [3.8, 4) is 0 Å². The standard InChI is InChI=1S/C13H16F3NS/c1-2-10(9-7-8-9)17-11-5-3-4-6-12(11)18-13(14,15)16/h3-6,9-10,17H,2,7-8H2,1H3. The molecule has 0 saturated heterocycles. The maximum Gasteiger partial charge on any atom is 0.446 e. The summed E-state index contributed by atoms with van der Waals surface area (Å²) in [6.07, 6.45) is 3.30. The van der Waals surface area contributed by atoms with E-state index in [-0.39, 0.29) is 16.7 Å². The van der Waals surface area contributed by atoms with Crippen LogP contribution in [0.2, 0.25) is 0 Å². The van der Waals surface area contributed by atoms with Crippen LogP contribution in [-0.4, -0.2) is 11.6 Å². The van der Waals surface area contributed by atoms with E-state index in [0.29, 0.717) is 17.6 Å². The van der Waals surface area contributed by atoms with Crippen LogP contribution in [0.5, 0.6) is 0 Å². The fourth-order valence-corrected chi connectivity index (χ4v) is 2.68. The molecular weight excluding hydrogens is 259 g/mol. The predicted octanol–water partition coefficient (Wildman–Crippen LogP) is 4.90. The van der Waals surface area contributed by atoms with E-state index in [1.807, 2.05) is 0 Å². The Labute approximate surface area is 109 Å². The Morgan fingerprint density at radius 3 is 2.56 bits per heavy atom.